The molecule has 0 aliphatic carbocycles. The first kappa shape index (κ1) is 11.3. The van der Waals surface area contributed by atoms with E-state index in [2.05, 4.69) is 0 Å². The molecule has 0 aromatic carbocycles. The predicted molar refractivity (Wildman–Crippen MR) is 42.6 cm³/mol. The maximum absolute atomic E-state index is 11.1. The van der Waals surface area contributed by atoms with Crippen molar-refractivity contribution in [2.45, 2.75) is 26.4 Å². The van der Waals surface area contributed by atoms with Crippen molar-refractivity contribution in [3.63, 3.8) is 0 Å². The number of hydrogen-bond donors (Lipinski definition) is 2. The van der Waals surface area contributed by atoms with Crippen molar-refractivity contribution in [2.75, 3.05) is 6.61 Å². The highest BCUT2D eigenvalue weighted by Gasteiger charge is 2.25. The van der Waals surface area contributed by atoms with E-state index in [1.807, 2.05) is 0 Å². The maximum Gasteiger partial charge on any atom is 0.229 e. The van der Waals surface area contributed by atoms with Gasteiger partial charge in [0.15, 0.2) is 0 Å². The molecule has 12 heavy (non-hydrogen) atoms. The zero-order chi connectivity index (χ0) is 9.72. The van der Waals surface area contributed by atoms with E-state index in [-0.39, 0.29) is 5.92 Å². The van der Waals surface area contributed by atoms with E-state index in [4.69, 9.17) is 10.2 Å². The third-order valence-electron chi connectivity index (χ3n) is 1.78. The molecule has 0 bridgehead atoms. The molecule has 4 heteroatoms. The highest BCUT2D eigenvalue weighted by Crippen LogP contribution is 2.04. The van der Waals surface area contributed by atoms with Crippen LogP contribution in [-0.4, -0.2) is 34.5 Å². The zero-order valence-electron chi connectivity index (χ0n) is 7.28. The first-order valence-corrected chi connectivity index (χ1v) is 3.91. The lowest BCUT2D eigenvalue weighted by molar-refractivity contribution is -0.144. The maximum atomic E-state index is 11.1. The smallest absolute Gasteiger partial charge is 0.229 e. The van der Waals surface area contributed by atoms with Gasteiger partial charge in [-0.2, -0.15) is 0 Å². The first-order chi connectivity index (χ1) is 5.54. The van der Waals surface area contributed by atoms with E-state index in [1.165, 1.54) is 0 Å². The van der Waals surface area contributed by atoms with Gasteiger partial charge in [0.1, 0.15) is 6.10 Å². The summed E-state index contributed by atoms with van der Waals surface area (Å²) in [4.78, 5) is 22.0. The number of aliphatic hydroxyl groups is 2. The predicted octanol–water partition coefficient (Wildman–Crippen LogP) is -0.476. The molecular formula is C8H14O4. The number of ketones is 2. The molecular weight excluding hydrogens is 160 g/mol. The molecule has 0 rings (SSSR count). The summed E-state index contributed by atoms with van der Waals surface area (Å²) in [5.74, 6) is -1.88. The average Bonchev–Trinajstić information content (AvgIpc) is 2.12. The fraction of sp³-hybridized carbons (Fsp3) is 0.750. The molecule has 70 valence electrons. The Balaban J connectivity index is 4.19. The fourth-order valence-corrected chi connectivity index (χ4v) is 0.675. The van der Waals surface area contributed by atoms with Crippen LogP contribution >= 0.6 is 0 Å². The number of aliphatic hydroxyl groups excluding tert-OH is 2. The van der Waals surface area contributed by atoms with E-state index in [1.54, 1.807) is 13.8 Å². The quantitative estimate of drug-likeness (QED) is 0.552. The number of Topliss-reactive ketones (excluding diaryl/α,β-unsaturated/α-hetero) is 2. The van der Waals surface area contributed by atoms with E-state index in [0.29, 0.717) is 6.42 Å². The number of hydrogen-bond acceptors (Lipinski definition) is 4. The SMILES string of the molecule is CC[C@@H](C)C(=O)C(=O)C(O)CO. The Bertz CT molecular complexity index is 156. The average molecular weight is 174 g/mol. The topological polar surface area (TPSA) is 74.6 Å². The lowest BCUT2D eigenvalue weighted by Gasteiger charge is -2.08. The summed E-state index contributed by atoms with van der Waals surface area (Å²) in [6.07, 6.45) is -0.991. The van der Waals surface area contributed by atoms with E-state index in [0.717, 1.165) is 0 Å². The van der Waals surface area contributed by atoms with Gasteiger partial charge in [-0.15, -0.1) is 0 Å². The van der Waals surface area contributed by atoms with Crippen LogP contribution in [0.1, 0.15) is 20.3 Å². The Morgan fingerprint density at radius 2 is 1.83 bits per heavy atom. The van der Waals surface area contributed by atoms with Crippen molar-refractivity contribution < 1.29 is 19.8 Å². The number of carbonyl (C=O) groups excluding carboxylic acids is 2. The molecule has 0 heterocycles. The molecule has 4 nitrogen and oxygen atoms in total. The van der Waals surface area contributed by atoms with E-state index < -0.39 is 24.3 Å². The first-order valence-electron chi connectivity index (χ1n) is 3.91. The van der Waals surface area contributed by atoms with Crippen molar-refractivity contribution in [1.29, 1.82) is 0 Å². The molecule has 1 unspecified atom stereocenters. The normalized spacial score (nSPS) is 15.3. The van der Waals surface area contributed by atoms with Crippen LogP contribution in [0.15, 0.2) is 0 Å². The number of carbonyl (C=O) groups is 2. The Labute approximate surface area is 71.2 Å². The van der Waals surface area contributed by atoms with Crippen LogP contribution in [0.2, 0.25) is 0 Å². The molecule has 2 N–H and O–H groups in total. The third kappa shape index (κ3) is 2.71. The Hall–Kier alpha value is -0.740. The minimum absolute atomic E-state index is 0.376. The summed E-state index contributed by atoms with van der Waals surface area (Å²) >= 11 is 0. The van der Waals surface area contributed by atoms with Gasteiger partial charge in [-0.3, -0.25) is 9.59 Å². The lowest BCUT2D eigenvalue weighted by atomic mass is 9.98. The molecule has 0 radical (unpaired) electrons. The van der Waals surface area contributed by atoms with E-state index >= 15 is 0 Å². The van der Waals surface area contributed by atoms with Gasteiger partial charge in [0.05, 0.1) is 6.61 Å². The fourth-order valence-electron chi connectivity index (χ4n) is 0.675. The van der Waals surface area contributed by atoms with Gasteiger partial charge in [0.25, 0.3) is 0 Å². The Kier molecular flexibility index (Phi) is 4.70. The molecule has 0 aromatic heterocycles. The molecule has 0 spiro atoms. The lowest BCUT2D eigenvalue weighted by Crippen LogP contribution is -2.34. The van der Waals surface area contributed by atoms with Crippen LogP contribution in [0, 0.1) is 5.92 Å². The summed E-state index contributed by atoms with van der Waals surface area (Å²) in [6, 6.07) is 0. The van der Waals surface area contributed by atoms with Gasteiger partial charge in [-0.1, -0.05) is 13.8 Å². The molecule has 0 aliphatic heterocycles. The number of rotatable bonds is 5. The van der Waals surface area contributed by atoms with Crippen LogP contribution in [0.3, 0.4) is 0 Å². The second-order valence-electron chi connectivity index (χ2n) is 2.74. The summed E-state index contributed by atoms with van der Waals surface area (Å²) < 4.78 is 0. The minimum Gasteiger partial charge on any atom is -0.393 e. The van der Waals surface area contributed by atoms with Gasteiger partial charge < -0.3 is 10.2 Å². The van der Waals surface area contributed by atoms with Crippen LogP contribution in [0.25, 0.3) is 0 Å². The van der Waals surface area contributed by atoms with Gasteiger partial charge in [-0.05, 0) is 6.42 Å². The summed E-state index contributed by atoms with van der Waals surface area (Å²) in [7, 11) is 0. The van der Waals surface area contributed by atoms with Crippen LogP contribution < -0.4 is 0 Å². The summed E-state index contributed by atoms with van der Waals surface area (Å²) in [6.45, 7) is 2.70. The summed E-state index contributed by atoms with van der Waals surface area (Å²) in [5, 5.41) is 17.2. The second-order valence-corrected chi connectivity index (χ2v) is 2.74. The highest BCUT2D eigenvalue weighted by atomic mass is 16.3. The van der Waals surface area contributed by atoms with E-state index in [9.17, 15) is 9.59 Å². The molecule has 2 atom stereocenters. The van der Waals surface area contributed by atoms with Crippen LogP contribution in [0.4, 0.5) is 0 Å². The molecule has 0 saturated carbocycles. The highest BCUT2D eigenvalue weighted by molar-refractivity contribution is 6.39. The minimum atomic E-state index is -1.55. The summed E-state index contributed by atoms with van der Waals surface area (Å²) in [5.41, 5.74) is 0. The van der Waals surface area contributed by atoms with Crippen molar-refractivity contribution in [3.8, 4) is 0 Å². The van der Waals surface area contributed by atoms with Crippen LogP contribution in [-0.2, 0) is 9.59 Å². The van der Waals surface area contributed by atoms with Gasteiger partial charge in [-0.25, -0.2) is 0 Å². The van der Waals surface area contributed by atoms with Gasteiger partial charge >= 0.3 is 0 Å². The molecule has 0 amide bonds. The van der Waals surface area contributed by atoms with Gasteiger partial charge in [0, 0.05) is 5.92 Å². The van der Waals surface area contributed by atoms with Crippen molar-refractivity contribution in [1.82, 2.24) is 0 Å². The standard InChI is InChI=1S/C8H14O4/c1-3-5(2)7(11)8(12)6(10)4-9/h5-6,9-10H,3-4H2,1-2H3/t5-,6?/m1/s1. The molecule has 0 fully saturated rings. The van der Waals surface area contributed by atoms with Crippen molar-refractivity contribution >= 4 is 11.6 Å². The van der Waals surface area contributed by atoms with Gasteiger partial charge in [0.2, 0.25) is 11.6 Å². The molecule has 0 aliphatic rings. The van der Waals surface area contributed by atoms with Crippen LogP contribution in [0.5, 0.6) is 0 Å². The second kappa shape index (κ2) is 5.00. The molecule has 0 aromatic rings. The monoisotopic (exact) mass is 174 g/mol. The Morgan fingerprint density at radius 3 is 2.17 bits per heavy atom. The zero-order valence-corrected chi connectivity index (χ0v) is 7.28. The van der Waals surface area contributed by atoms with Crippen molar-refractivity contribution in [2.24, 2.45) is 5.92 Å². The molecule has 0 saturated heterocycles. The largest absolute Gasteiger partial charge is 0.393 e. The third-order valence-corrected chi connectivity index (χ3v) is 1.78. The van der Waals surface area contributed by atoms with Crippen molar-refractivity contribution in [3.05, 3.63) is 0 Å². The Morgan fingerprint density at radius 1 is 1.33 bits per heavy atom.